The molecule has 0 aromatic carbocycles. The Hall–Kier alpha value is -2.11. The standard InChI is InChI=1S/C9H10N2O4/c1-11-5-6(2-3-7(11)12)9(15)10-4-8(13)14/h2-3,5H,4H2,1H3,(H,10,15)(H,13,14). The average Bonchev–Trinajstić information content (AvgIpc) is 2.18. The van der Waals surface area contributed by atoms with Crippen molar-refractivity contribution in [2.45, 2.75) is 0 Å². The Labute approximate surface area is 85.1 Å². The Balaban J connectivity index is 2.78. The van der Waals surface area contributed by atoms with E-state index in [1.165, 1.54) is 29.9 Å². The SMILES string of the molecule is Cn1cc(C(=O)NCC(=O)O)ccc1=O. The summed E-state index contributed by atoms with van der Waals surface area (Å²) in [6, 6.07) is 2.59. The molecule has 0 aliphatic heterocycles. The van der Waals surface area contributed by atoms with Gasteiger partial charge in [-0.25, -0.2) is 0 Å². The van der Waals surface area contributed by atoms with Gasteiger partial charge in [-0.2, -0.15) is 0 Å². The van der Waals surface area contributed by atoms with Gasteiger partial charge in [-0.3, -0.25) is 14.4 Å². The number of carbonyl (C=O) groups excluding carboxylic acids is 1. The first kappa shape index (κ1) is 11.0. The first-order valence-electron chi connectivity index (χ1n) is 4.17. The normalized spacial score (nSPS) is 9.67. The number of aryl methyl sites for hydroxylation is 1. The van der Waals surface area contributed by atoms with Crippen LogP contribution in [-0.4, -0.2) is 28.1 Å². The molecule has 0 aliphatic rings. The Morgan fingerprint density at radius 3 is 2.67 bits per heavy atom. The van der Waals surface area contributed by atoms with E-state index in [-0.39, 0.29) is 11.1 Å². The molecular weight excluding hydrogens is 200 g/mol. The van der Waals surface area contributed by atoms with E-state index >= 15 is 0 Å². The van der Waals surface area contributed by atoms with Crippen LogP contribution in [0.2, 0.25) is 0 Å². The molecule has 6 nitrogen and oxygen atoms in total. The summed E-state index contributed by atoms with van der Waals surface area (Å²) in [5.41, 5.74) is 0.0168. The summed E-state index contributed by atoms with van der Waals surface area (Å²) in [5.74, 6) is -1.64. The minimum absolute atomic E-state index is 0.232. The maximum absolute atomic E-state index is 11.3. The third kappa shape index (κ3) is 2.94. The molecule has 0 spiro atoms. The third-order valence-electron chi connectivity index (χ3n) is 1.75. The molecule has 1 amide bonds. The zero-order chi connectivity index (χ0) is 11.4. The van der Waals surface area contributed by atoms with Crippen molar-refractivity contribution in [2.75, 3.05) is 6.54 Å². The van der Waals surface area contributed by atoms with Crippen LogP contribution < -0.4 is 10.9 Å². The summed E-state index contributed by atoms with van der Waals surface area (Å²) < 4.78 is 1.25. The van der Waals surface area contributed by atoms with E-state index < -0.39 is 18.4 Å². The molecule has 0 unspecified atom stereocenters. The largest absolute Gasteiger partial charge is 0.480 e. The molecule has 1 heterocycles. The van der Waals surface area contributed by atoms with Crippen molar-refractivity contribution < 1.29 is 14.7 Å². The van der Waals surface area contributed by atoms with Crippen LogP contribution in [0.25, 0.3) is 0 Å². The number of hydrogen-bond donors (Lipinski definition) is 2. The van der Waals surface area contributed by atoms with Gasteiger partial charge in [0.2, 0.25) is 5.56 Å². The quantitative estimate of drug-likeness (QED) is 0.683. The molecule has 1 aromatic rings. The van der Waals surface area contributed by atoms with Gasteiger partial charge in [0.1, 0.15) is 6.54 Å². The van der Waals surface area contributed by atoms with E-state index in [1.54, 1.807) is 0 Å². The third-order valence-corrected chi connectivity index (χ3v) is 1.75. The van der Waals surface area contributed by atoms with Gasteiger partial charge in [0.05, 0.1) is 5.56 Å². The summed E-state index contributed by atoms with van der Waals surface area (Å²) in [5, 5.41) is 10.5. The van der Waals surface area contributed by atoms with Crippen LogP contribution in [0, 0.1) is 0 Å². The number of carboxylic acids is 1. The van der Waals surface area contributed by atoms with Gasteiger partial charge in [-0.1, -0.05) is 0 Å². The first-order valence-corrected chi connectivity index (χ1v) is 4.17. The Kier molecular flexibility index (Phi) is 3.22. The van der Waals surface area contributed by atoms with Crippen molar-refractivity contribution >= 4 is 11.9 Å². The lowest BCUT2D eigenvalue weighted by Crippen LogP contribution is -2.30. The zero-order valence-corrected chi connectivity index (χ0v) is 8.06. The van der Waals surface area contributed by atoms with Crippen LogP contribution in [0.5, 0.6) is 0 Å². The highest BCUT2D eigenvalue weighted by Gasteiger charge is 2.07. The number of aliphatic carboxylic acids is 1. The average molecular weight is 210 g/mol. The van der Waals surface area contributed by atoms with Gasteiger partial charge in [0.25, 0.3) is 5.91 Å². The van der Waals surface area contributed by atoms with Crippen molar-refractivity contribution in [3.8, 4) is 0 Å². The highest BCUT2D eigenvalue weighted by molar-refractivity contribution is 5.95. The molecule has 15 heavy (non-hydrogen) atoms. The van der Waals surface area contributed by atoms with Crippen LogP contribution in [0.1, 0.15) is 10.4 Å². The number of aromatic nitrogens is 1. The maximum atomic E-state index is 11.3. The second-order valence-electron chi connectivity index (χ2n) is 2.94. The van der Waals surface area contributed by atoms with E-state index in [1.807, 2.05) is 0 Å². The molecule has 2 N–H and O–H groups in total. The lowest BCUT2D eigenvalue weighted by Gasteiger charge is -2.03. The van der Waals surface area contributed by atoms with E-state index in [2.05, 4.69) is 5.32 Å². The fourth-order valence-electron chi connectivity index (χ4n) is 0.986. The molecule has 0 saturated carbocycles. The highest BCUT2D eigenvalue weighted by atomic mass is 16.4. The number of amides is 1. The van der Waals surface area contributed by atoms with Crippen LogP contribution in [-0.2, 0) is 11.8 Å². The molecule has 0 aliphatic carbocycles. The van der Waals surface area contributed by atoms with Crippen LogP contribution in [0.15, 0.2) is 23.1 Å². The van der Waals surface area contributed by atoms with Crippen molar-refractivity contribution in [3.05, 3.63) is 34.2 Å². The van der Waals surface area contributed by atoms with Gasteiger partial charge in [-0.15, -0.1) is 0 Å². The van der Waals surface area contributed by atoms with E-state index in [4.69, 9.17) is 5.11 Å². The number of carbonyl (C=O) groups is 2. The molecule has 80 valence electrons. The predicted octanol–water partition coefficient (Wildman–Crippen LogP) is -0.800. The number of pyridine rings is 1. The number of hydrogen-bond acceptors (Lipinski definition) is 3. The lowest BCUT2D eigenvalue weighted by molar-refractivity contribution is -0.135. The molecule has 6 heteroatoms. The molecule has 0 radical (unpaired) electrons. The molecule has 0 fully saturated rings. The fourth-order valence-corrected chi connectivity index (χ4v) is 0.986. The van der Waals surface area contributed by atoms with E-state index in [9.17, 15) is 14.4 Å². The number of carboxylic acid groups (broad SMARTS) is 1. The maximum Gasteiger partial charge on any atom is 0.322 e. The summed E-state index contributed by atoms with van der Waals surface area (Å²) >= 11 is 0. The molecular formula is C9H10N2O4. The van der Waals surface area contributed by atoms with Crippen molar-refractivity contribution in [3.63, 3.8) is 0 Å². The highest BCUT2D eigenvalue weighted by Crippen LogP contribution is 1.93. The monoisotopic (exact) mass is 210 g/mol. The molecule has 0 saturated heterocycles. The Morgan fingerprint density at radius 1 is 1.47 bits per heavy atom. The Bertz CT molecular complexity index is 450. The number of rotatable bonds is 3. The lowest BCUT2D eigenvalue weighted by atomic mass is 10.2. The summed E-state index contributed by atoms with van der Waals surface area (Å²) in [4.78, 5) is 32.5. The number of nitrogens with one attached hydrogen (secondary N) is 1. The van der Waals surface area contributed by atoms with Crippen LogP contribution in [0.3, 0.4) is 0 Å². The summed E-state index contributed by atoms with van der Waals surface area (Å²) in [6.07, 6.45) is 1.35. The molecule has 1 rings (SSSR count). The minimum Gasteiger partial charge on any atom is -0.480 e. The number of nitrogens with zero attached hydrogens (tertiary/aromatic N) is 1. The zero-order valence-electron chi connectivity index (χ0n) is 8.06. The fraction of sp³-hybridized carbons (Fsp3) is 0.222. The van der Waals surface area contributed by atoms with E-state index in [0.717, 1.165) is 0 Å². The smallest absolute Gasteiger partial charge is 0.322 e. The Morgan fingerprint density at radius 2 is 2.13 bits per heavy atom. The molecule has 1 aromatic heterocycles. The second-order valence-corrected chi connectivity index (χ2v) is 2.94. The first-order chi connectivity index (χ1) is 7.00. The second kappa shape index (κ2) is 4.41. The van der Waals surface area contributed by atoms with Gasteiger partial charge < -0.3 is 15.0 Å². The molecule has 0 atom stereocenters. The predicted molar refractivity (Wildman–Crippen MR) is 51.7 cm³/mol. The minimum atomic E-state index is -1.12. The van der Waals surface area contributed by atoms with Crippen molar-refractivity contribution in [2.24, 2.45) is 7.05 Å². The van der Waals surface area contributed by atoms with Crippen LogP contribution >= 0.6 is 0 Å². The topological polar surface area (TPSA) is 88.4 Å². The van der Waals surface area contributed by atoms with Gasteiger partial charge in [-0.05, 0) is 6.07 Å². The van der Waals surface area contributed by atoms with Gasteiger partial charge in [0.15, 0.2) is 0 Å². The summed E-state index contributed by atoms with van der Waals surface area (Å²) in [6.45, 7) is -0.443. The van der Waals surface area contributed by atoms with Crippen molar-refractivity contribution in [1.29, 1.82) is 0 Å². The van der Waals surface area contributed by atoms with Gasteiger partial charge >= 0.3 is 5.97 Å². The van der Waals surface area contributed by atoms with Crippen LogP contribution in [0.4, 0.5) is 0 Å². The van der Waals surface area contributed by atoms with Crippen molar-refractivity contribution in [1.82, 2.24) is 9.88 Å². The summed E-state index contributed by atoms with van der Waals surface area (Å²) in [7, 11) is 1.51. The molecule has 0 bridgehead atoms. The van der Waals surface area contributed by atoms with Gasteiger partial charge in [0, 0.05) is 19.3 Å². The van der Waals surface area contributed by atoms with E-state index in [0.29, 0.717) is 0 Å².